The smallest absolute Gasteiger partial charge is 0.254 e. The molecular formula is C21H34IN5O3. The number of carbonyl (C=O) groups excluding carboxylic acids is 2. The van der Waals surface area contributed by atoms with Crippen LogP contribution in [0.3, 0.4) is 0 Å². The van der Waals surface area contributed by atoms with Crippen LogP contribution in [-0.2, 0) is 16.1 Å². The van der Waals surface area contributed by atoms with Gasteiger partial charge in [-0.05, 0) is 30.0 Å². The van der Waals surface area contributed by atoms with Crippen molar-refractivity contribution in [2.24, 2.45) is 10.9 Å². The number of piperazine rings is 1. The fraction of sp³-hybridized carbons (Fsp3) is 0.571. The Hall–Kier alpha value is -1.88. The molecule has 0 unspecified atom stereocenters. The number of halogens is 1. The number of amides is 2. The van der Waals surface area contributed by atoms with E-state index in [9.17, 15) is 9.59 Å². The first kappa shape index (κ1) is 26.2. The molecule has 2 amide bonds. The molecule has 0 aromatic heterocycles. The van der Waals surface area contributed by atoms with Crippen molar-refractivity contribution in [1.82, 2.24) is 20.9 Å². The quantitative estimate of drug-likeness (QED) is 0.195. The highest BCUT2D eigenvalue weighted by Crippen LogP contribution is 2.09. The van der Waals surface area contributed by atoms with Gasteiger partial charge in [-0.2, -0.15) is 0 Å². The molecule has 2 rings (SSSR count). The molecule has 0 bridgehead atoms. The topological polar surface area (TPSA) is 95.1 Å². The van der Waals surface area contributed by atoms with Crippen molar-refractivity contribution in [3.8, 4) is 0 Å². The summed E-state index contributed by atoms with van der Waals surface area (Å²) >= 11 is 0. The van der Waals surface area contributed by atoms with E-state index >= 15 is 0 Å². The highest BCUT2D eigenvalue weighted by atomic mass is 127. The minimum Gasteiger partial charge on any atom is -0.380 e. The summed E-state index contributed by atoms with van der Waals surface area (Å²) in [6, 6.07) is 7.41. The molecule has 3 N–H and O–H groups in total. The van der Waals surface area contributed by atoms with Crippen LogP contribution in [-0.4, -0.2) is 69.1 Å². The van der Waals surface area contributed by atoms with Crippen LogP contribution in [0.4, 0.5) is 0 Å². The molecular weight excluding hydrogens is 497 g/mol. The summed E-state index contributed by atoms with van der Waals surface area (Å²) in [7, 11) is 1.73. The summed E-state index contributed by atoms with van der Waals surface area (Å²) in [5.41, 5.74) is 1.62. The molecule has 30 heavy (non-hydrogen) atoms. The van der Waals surface area contributed by atoms with Gasteiger partial charge in [-0.3, -0.25) is 14.6 Å². The maximum atomic E-state index is 12.5. The predicted molar refractivity (Wildman–Crippen MR) is 129 cm³/mol. The van der Waals surface area contributed by atoms with Crippen molar-refractivity contribution >= 4 is 41.8 Å². The van der Waals surface area contributed by atoms with E-state index < -0.39 is 0 Å². The fourth-order valence-electron chi connectivity index (χ4n) is 2.83. The van der Waals surface area contributed by atoms with Gasteiger partial charge in [-0.25, -0.2) is 0 Å². The summed E-state index contributed by atoms with van der Waals surface area (Å²) in [6.07, 6.45) is 1.07. The number of hydrogen-bond acceptors (Lipinski definition) is 4. The molecule has 9 heteroatoms. The highest BCUT2D eigenvalue weighted by molar-refractivity contribution is 14.0. The zero-order valence-electron chi connectivity index (χ0n) is 18.1. The Bertz CT molecular complexity index is 694. The molecule has 1 saturated heterocycles. The van der Waals surface area contributed by atoms with Crippen LogP contribution in [0.2, 0.25) is 0 Å². The molecule has 0 spiro atoms. The second-order valence-corrected chi connectivity index (χ2v) is 7.42. The number of nitrogens with zero attached hydrogens (tertiary/aromatic N) is 2. The van der Waals surface area contributed by atoms with E-state index in [-0.39, 0.29) is 42.3 Å². The summed E-state index contributed by atoms with van der Waals surface area (Å²) in [5.74, 6) is 1.12. The average Bonchev–Trinajstić information content (AvgIpc) is 2.72. The van der Waals surface area contributed by atoms with E-state index in [4.69, 9.17) is 4.74 Å². The molecule has 1 aromatic rings. The molecule has 0 saturated carbocycles. The van der Waals surface area contributed by atoms with Gasteiger partial charge < -0.3 is 25.6 Å². The van der Waals surface area contributed by atoms with E-state index in [0.29, 0.717) is 50.2 Å². The van der Waals surface area contributed by atoms with Crippen LogP contribution in [0.5, 0.6) is 0 Å². The van der Waals surface area contributed by atoms with Gasteiger partial charge >= 0.3 is 0 Å². The molecule has 0 radical (unpaired) electrons. The number of guanidine groups is 1. The number of hydrogen-bond donors (Lipinski definition) is 3. The van der Waals surface area contributed by atoms with Crippen LogP contribution < -0.4 is 16.0 Å². The molecule has 8 nitrogen and oxygen atoms in total. The molecule has 1 aliphatic heterocycles. The zero-order chi connectivity index (χ0) is 21.1. The number of aliphatic imine (C=N–C) groups is 1. The lowest BCUT2D eigenvalue weighted by Crippen LogP contribution is -2.49. The van der Waals surface area contributed by atoms with Crippen molar-refractivity contribution in [2.45, 2.75) is 26.8 Å². The van der Waals surface area contributed by atoms with Crippen molar-refractivity contribution < 1.29 is 14.3 Å². The minimum absolute atomic E-state index is 0. The molecule has 1 aromatic carbocycles. The summed E-state index contributed by atoms with van der Waals surface area (Å²) in [4.78, 5) is 29.7. The molecule has 0 aliphatic carbocycles. The first-order valence-electron chi connectivity index (χ1n) is 10.2. The Labute approximate surface area is 196 Å². The SMILES string of the molecule is CN=C(NCCOCCC(C)C)NCc1ccc(C(=O)N2CCNC(=O)C2)cc1.I. The monoisotopic (exact) mass is 531 g/mol. The van der Waals surface area contributed by atoms with Gasteiger partial charge in [-0.1, -0.05) is 26.0 Å². The lowest BCUT2D eigenvalue weighted by atomic mass is 10.1. The van der Waals surface area contributed by atoms with Crippen LogP contribution in [0, 0.1) is 5.92 Å². The summed E-state index contributed by atoms with van der Waals surface area (Å²) < 4.78 is 5.59. The second kappa shape index (κ2) is 14.2. The van der Waals surface area contributed by atoms with Crippen molar-refractivity contribution in [3.05, 3.63) is 35.4 Å². The Kier molecular flexibility index (Phi) is 12.4. The lowest BCUT2D eigenvalue weighted by Gasteiger charge is -2.26. The number of rotatable bonds is 9. The lowest BCUT2D eigenvalue weighted by molar-refractivity contribution is -0.123. The fourth-order valence-corrected chi connectivity index (χ4v) is 2.83. The largest absolute Gasteiger partial charge is 0.380 e. The Balaban J connectivity index is 0.00000450. The van der Waals surface area contributed by atoms with Crippen LogP contribution in [0.15, 0.2) is 29.3 Å². The predicted octanol–water partition coefficient (Wildman–Crippen LogP) is 1.60. The average molecular weight is 531 g/mol. The number of nitrogens with one attached hydrogen (secondary N) is 3. The van der Waals surface area contributed by atoms with Crippen LogP contribution in [0.1, 0.15) is 36.2 Å². The third-order valence-electron chi connectivity index (χ3n) is 4.59. The van der Waals surface area contributed by atoms with Crippen molar-refractivity contribution in [2.75, 3.05) is 46.4 Å². The normalized spacial score (nSPS) is 14.2. The van der Waals surface area contributed by atoms with E-state index in [1.54, 1.807) is 24.1 Å². The summed E-state index contributed by atoms with van der Waals surface area (Å²) in [5, 5.41) is 9.19. The Morgan fingerprint density at radius 3 is 2.60 bits per heavy atom. The standard InChI is InChI=1S/C21H33N5O3.HI/c1-16(2)8-12-29-13-10-24-21(22-3)25-14-17-4-6-18(7-5-17)20(28)26-11-9-23-19(27)15-26;/h4-7,16H,8-15H2,1-3H3,(H,23,27)(H2,22,24,25);1H. The van der Waals surface area contributed by atoms with Gasteiger partial charge in [0.25, 0.3) is 5.91 Å². The first-order valence-corrected chi connectivity index (χ1v) is 10.2. The van der Waals surface area contributed by atoms with Gasteiger partial charge in [-0.15, -0.1) is 24.0 Å². The molecule has 168 valence electrons. The van der Waals surface area contributed by atoms with Crippen LogP contribution in [0.25, 0.3) is 0 Å². The van der Waals surface area contributed by atoms with E-state index in [2.05, 4.69) is 34.8 Å². The minimum atomic E-state index is -0.116. The van der Waals surface area contributed by atoms with Crippen molar-refractivity contribution in [1.29, 1.82) is 0 Å². The Morgan fingerprint density at radius 1 is 1.23 bits per heavy atom. The van der Waals surface area contributed by atoms with Gasteiger partial charge in [0.2, 0.25) is 5.91 Å². The highest BCUT2D eigenvalue weighted by Gasteiger charge is 2.22. The molecule has 1 fully saturated rings. The maximum absolute atomic E-state index is 12.5. The number of ether oxygens (including phenoxy) is 1. The maximum Gasteiger partial charge on any atom is 0.254 e. The third-order valence-corrected chi connectivity index (χ3v) is 4.59. The Morgan fingerprint density at radius 2 is 1.97 bits per heavy atom. The van der Waals surface area contributed by atoms with Gasteiger partial charge in [0.05, 0.1) is 13.2 Å². The number of carbonyl (C=O) groups is 2. The van der Waals surface area contributed by atoms with Crippen molar-refractivity contribution in [3.63, 3.8) is 0 Å². The van der Waals surface area contributed by atoms with Crippen LogP contribution >= 0.6 is 24.0 Å². The van der Waals surface area contributed by atoms with E-state index in [1.165, 1.54) is 0 Å². The van der Waals surface area contributed by atoms with E-state index in [0.717, 1.165) is 18.6 Å². The van der Waals surface area contributed by atoms with Gasteiger partial charge in [0, 0.05) is 45.4 Å². The molecule has 1 aliphatic rings. The third kappa shape index (κ3) is 9.29. The second-order valence-electron chi connectivity index (χ2n) is 7.42. The number of benzene rings is 1. The first-order chi connectivity index (χ1) is 14.0. The zero-order valence-corrected chi connectivity index (χ0v) is 20.4. The molecule has 1 heterocycles. The van der Waals surface area contributed by atoms with E-state index in [1.807, 2.05) is 12.1 Å². The van der Waals surface area contributed by atoms with Gasteiger partial charge in [0.1, 0.15) is 0 Å². The van der Waals surface area contributed by atoms with Gasteiger partial charge in [0.15, 0.2) is 5.96 Å². The molecule has 0 atom stereocenters. The summed E-state index contributed by atoms with van der Waals surface area (Å²) in [6.45, 7) is 8.22.